The van der Waals surface area contributed by atoms with Gasteiger partial charge in [-0.25, -0.2) is 0 Å². The molecular weight excluding hydrogens is 228 g/mol. The van der Waals surface area contributed by atoms with E-state index < -0.39 is 0 Å². The number of allylic oxidation sites excluding steroid dienone is 6. The molecule has 4 aliphatic carbocycles. The molecule has 0 N–H and O–H groups in total. The summed E-state index contributed by atoms with van der Waals surface area (Å²) < 4.78 is 0. The molecule has 0 amide bonds. The molecule has 0 fully saturated rings. The molecule has 0 nitrogen and oxygen atoms in total. The lowest BCUT2D eigenvalue weighted by Gasteiger charge is -2.46. The Hall–Kier alpha value is -0.780. The molecule has 3 atom stereocenters. The Balaban J connectivity index is 1.81. The molecule has 102 valence electrons. The van der Waals surface area contributed by atoms with E-state index >= 15 is 0 Å². The van der Waals surface area contributed by atoms with Crippen molar-refractivity contribution in [2.75, 3.05) is 0 Å². The summed E-state index contributed by atoms with van der Waals surface area (Å²) in [6.07, 6.45) is 16.1. The van der Waals surface area contributed by atoms with Gasteiger partial charge in [0.2, 0.25) is 0 Å². The summed E-state index contributed by atoms with van der Waals surface area (Å²) in [4.78, 5) is 0. The van der Waals surface area contributed by atoms with Crippen molar-refractivity contribution in [1.29, 1.82) is 0 Å². The summed E-state index contributed by atoms with van der Waals surface area (Å²) in [6.45, 7) is 5.00. The maximum Gasteiger partial charge on any atom is 0.00983 e. The third-order valence-electron chi connectivity index (χ3n) is 6.50. The van der Waals surface area contributed by atoms with E-state index in [1.54, 1.807) is 11.1 Å². The van der Waals surface area contributed by atoms with Crippen molar-refractivity contribution in [1.82, 2.24) is 0 Å². The highest BCUT2D eigenvalue weighted by molar-refractivity contribution is 5.50. The molecule has 4 rings (SSSR count). The second-order valence-electron chi connectivity index (χ2n) is 7.43. The zero-order valence-electron chi connectivity index (χ0n) is 12.5. The van der Waals surface area contributed by atoms with E-state index in [9.17, 15) is 0 Å². The summed E-state index contributed by atoms with van der Waals surface area (Å²) in [5, 5.41) is 0. The van der Waals surface area contributed by atoms with Crippen LogP contribution in [0.3, 0.4) is 0 Å². The van der Waals surface area contributed by atoms with E-state index in [-0.39, 0.29) is 0 Å². The van der Waals surface area contributed by atoms with Crippen molar-refractivity contribution in [3.8, 4) is 0 Å². The minimum absolute atomic E-state index is 0.448. The van der Waals surface area contributed by atoms with Crippen LogP contribution in [-0.4, -0.2) is 0 Å². The van der Waals surface area contributed by atoms with Gasteiger partial charge in [-0.2, -0.15) is 0 Å². The Morgan fingerprint density at radius 2 is 2.05 bits per heavy atom. The molecule has 0 saturated carbocycles. The van der Waals surface area contributed by atoms with Gasteiger partial charge in [-0.1, -0.05) is 37.1 Å². The molecule has 0 spiro atoms. The zero-order valence-corrected chi connectivity index (χ0v) is 12.5. The van der Waals surface area contributed by atoms with Crippen LogP contribution in [-0.2, 0) is 0 Å². The van der Waals surface area contributed by atoms with Gasteiger partial charge in [-0.05, 0) is 74.3 Å². The van der Waals surface area contributed by atoms with Crippen LogP contribution in [0.25, 0.3) is 0 Å². The van der Waals surface area contributed by atoms with Crippen LogP contribution < -0.4 is 0 Å². The molecule has 0 aromatic rings. The Morgan fingerprint density at radius 1 is 1.16 bits per heavy atom. The Bertz CT molecular complexity index is 502. The highest BCUT2D eigenvalue weighted by atomic mass is 14.5. The first kappa shape index (κ1) is 12.0. The number of rotatable bonds is 0. The SMILES string of the molecule is CC1CC=C2C3=C(CCC21)C1(C)CCCC=C1CC3. The molecule has 4 aliphatic rings. The lowest BCUT2D eigenvalue weighted by atomic mass is 9.58. The van der Waals surface area contributed by atoms with Crippen molar-refractivity contribution in [3.63, 3.8) is 0 Å². The molecule has 0 bridgehead atoms. The molecule has 0 radical (unpaired) electrons. The predicted molar refractivity (Wildman–Crippen MR) is 80.9 cm³/mol. The predicted octanol–water partition coefficient (Wildman–Crippen LogP) is 5.57. The van der Waals surface area contributed by atoms with Gasteiger partial charge in [0, 0.05) is 5.41 Å². The zero-order chi connectivity index (χ0) is 13.0. The van der Waals surface area contributed by atoms with E-state index in [2.05, 4.69) is 26.0 Å². The second kappa shape index (κ2) is 4.11. The molecule has 0 saturated heterocycles. The van der Waals surface area contributed by atoms with Crippen LogP contribution in [0.4, 0.5) is 0 Å². The van der Waals surface area contributed by atoms with E-state index in [0.29, 0.717) is 5.41 Å². The lowest BCUT2D eigenvalue weighted by Crippen LogP contribution is -2.33. The maximum absolute atomic E-state index is 2.59. The van der Waals surface area contributed by atoms with Crippen molar-refractivity contribution in [2.45, 2.75) is 65.2 Å². The van der Waals surface area contributed by atoms with Crippen LogP contribution in [0.5, 0.6) is 0 Å². The summed E-state index contributed by atoms with van der Waals surface area (Å²) in [6, 6.07) is 0. The summed E-state index contributed by atoms with van der Waals surface area (Å²) in [7, 11) is 0. The molecule has 0 heterocycles. The van der Waals surface area contributed by atoms with Crippen LogP contribution in [0.1, 0.15) is 65.2 Å². The van der Waals surface area contributed by atoms with Crippen molar-refractivity contribution in [2.24, 2.45) is 17.3 Å². The van der Waals surface area contributed by atoms with Crippen LogP contribution in [0, 0.1) is 17.3 Å². The number of hydrogen-bond donors (Lipinski definition) is 0. The fourth-order valence-corrected chi connectivity index (χ4v) is 5.35. The molecule has 0 aliphatic heterocycles. The van der Waals surface area contributed by atoms with Crippen molar-refractivity contribution < 1.29 is 0 Å². The summed E-state index contributed by atoms with van der Waals surface area (Å²) in [5.41, 5.74) is 7.66. The van der Waals surface area contributed by atoms with Gasteiger partial charge < -0.3 is 0 Å². The molecule has 19 heavy (non-hydrogen) atoms. The largest absolute Gasteiger partial charge is 0.0844 e. The smallest absolute Gasteiger partial charge is 0.00983 e. The van der Waals surface area contributed by atoms with Gasteiger partial charge >= 0.3 is 0 Å². The van der Waals surface area contributed by atoms with Gasteiger partial charge in [-0.3, -0.25) is 0 Å². The van der Waals surface area contributed by atoms with Gasteiger partial charge in [0.05, 0.1) is 0 Å². The summed E-state index contributed by atoms with van der Waals surface area (Å²) in [5.74, 6) is 1.80. The first-order valence-electron chi connectivity index (χ1n) is 8.32. The average Bonchev–Trinajstić information content (AvgIpc) is 2.80. The maximum atomic E-state index is 2.59. The highest BCUT2D eigenvalue weighted by Gasteiger charge is 2.43. The molecule has 0 aromatic carbocycles. The van der Waals surface area contributed by atoms with Gasteiger partial charge in [-0.15, -0.1) is 0 Å². The normalized spacial score (nSPS) is 41.2. The minimum Gasteiger partial charge on any atom is -0.0844 e. The molecule has 0 aromatic heterocycles. The van der Waals surface area contributed by atoms with E-state index in [0.717, 1.165) is 11.8 Å². The van der Waals surface area contributed by atoms with E-state index in [1.165, 1.54) is 51.4 Å². The first-order chi connectivity index (χ1) is 9.20. The monoisotopic (exact) mass is 254 g/mol. The quantitative estimate of drug-likeness (QED) is 0.496. The first-order valence-corrected chi connectivity index (χ1v) is 8.32. The fraction of sp³-hybridized carbons (Fsp3) is 0.684. The summed E-state index contributed by atoms with van der Waals surface area (Å²) >= 11 is 0. The number of fused-ring (bicyclic) bond motifs is 4. The Kier molecular flexibility index (Phi) is 2.59. The fourth-order valence-electron chi connectivity index (χ4n) is 5.35. The number of hydrogen-bond acceptors (Lipinski definition) is 0. The molecule has 3 unspecified atom stereocenters. The Labute approximate surface area is 117 Å². The molecular formula is C19H26. The van der Waals surface area contributed by atoms with Gasteiger partial charge in [0.25, 0.3) is 0 Å². The van der Waals surface area contributed by atoms with Crippen LogP contribution in [0.2, 0.25) is 0 Å². The molecule has 0 heteroatoms. The lowest BCUT2D eigenvalue weighted by molar-refractivity contribution is 0.324. The minimum atomic E-state index is 0.448. The topological polar surface area (TPSA) is 0 Å². The highest BCUT2D eigenvalue weighted by Crippen LogP contribution is 2.58. The third kappa shape index (κ3) is 1.58. The van der Waals surface area contributed by atoms with E-state index in [4.69, 9.17) is 0 Å². The third-order valence-corrected chi connectivity index (χ3v) is 6.50. The van der Waals surface area contributed by atoms with Crippen LogP contribution in [0.15, 0.2) is 34.4 Å². The van der Waals surface area contributed by atoms with Crippen LogP contribution >= 0.6 is 0 Å². The average molecular weight is 254 g/mol. The van der Waals surface area contributed by atoms with Crippen molar-refractivity contribution >= 4 is 0 Å². The standard InChI is InChI=1S/C19H26/c1-13-6-8-16-15(13)10-11-18-17(16)9-7-14-5-3-4-12-19(14,18)2/h5,8,13,15H,3-4,6-7,9-12H2,1-2H3. The Morgan fingerprint density at radius 3 is 2.95 bits per heavy atom. The van der Waals surface area contributed by atoms with E-state index in [1.807, 2.05) is 11.1 Å². The van der Waals surface area contributed by atoms with Crippen molar-refractivity contribution in [3.05, 3.63) is 34.4 Å². The van der Waals surface area contributed by atoms with Gasteiger partial charge in [0.1, 0.15) is 0 Å². The second-order valence-corrected chi connectivity index (χ2v) is 7.43. The van der Waals surface area contributed by atoms with Gasteiger partial charge in [0.15, 0.2) is 0 Å².